The first-order valence-corrected chi connectivity index (χ1v) is 11.8. The molecular weight excluding hydrogens is 474 g/mol. The quantitative estimate of drug-likeness (QED) is 0.285. The second-order valence-corrected chi connectivity index (χ2v) is 8.94. The average Bonchev–Trinajstić information content (AvgIpc) is 3.60. The summed E-state index contributed by atoms with van der Waals surface area (Å²) in [4.78, 5) is 26.2. The molecule has 0 spiro atoms. The molecule has 12 heteroatoms. The Morgan fingerprint density at radius 2 is 2.05 bits per heavy atom. The zero-order chi connectivity index (χ0) is 25.7. The Hall–Kier alpha value is -4.55. The maximum Gasteiger partial charge on any atom is 0.256 e. The number of aliphatic hydroxyl groups excluding tert-OH is 1. The van der Waals surface area contributed by atoms with Crippen molar-refractivity contribution in [1.29, 1.82) is 0 Å². The Bertz CT molecular complexity index is 1640. The van der Waals surface area contributed by atoms with E-state index in [2.05, 4.69) is 30.7 Å². The Labute approximate surface area is 211 Å². The number of nitrogens with zero attached hydrogens (tertiary/aromatic N) is 6. The summed E-state index contributed by atoms with van der Waals surface area (Å²) in [7, 11) is 3.62. The molecule has 1 saturated heterocycles. The van der Waals surface area contributed by atoms with E-state index in [1.807, 2.05) is 43.7 Å². The normalized spacial score (nSPS) is 19.5. The number of aromatic nitrogens is 6. The van der Waals surface area contributed by atoms with Crippen LogP contribution in [0.3, 0.4) is 0 Å². The van der Waals surface area contributed by atoms with E-state index in [1.165, 1.54) is 6.33 Å². The molecule has 188 valence electrons. The molecule has 5 N–H and O–H groups in total. The predicted octanol–water partition coefficient (Wildman–Crippen LogP) is 2.29. The van der Waals surface area contributed by atoms with Gasteiger partial charge in [-0.15, -0.1) is 0 Å². The fraction of sp³-hybridized carbons (Fsp3) is 0.240. The first kappa shape index (κ1) is 22.9. The Kier molecular flexibility index (Phi) is 5.46. The van der Waals surface area contributed by atoms with Gasteiger partial charge in [0.05, 0.1) is 22.7 Å². The van der Waals surface area contributed by atoms with Crippen LogP contribution in [0.15, 0.2) is 55.1 Å². The van der Waals surface area contributed by atoms with Crippen molar-refractivity contribution >= 4 is 45.2 Å². The van der Waals surface area contributed by atoms with Crippen molar-refractivity contribution in [1.82, 2.24) is 29.3 Å². The SMILES string of the molecule is CNc1ccc2ccc(NC(=O)[C@H]3O[C@@H](n4cc(-c5ccn(C)n5)c5c(N)ncnc54)C[C@@H]3O)cc2n1. The van der Waals surface area contributed by atoms with E-state index in [4.69, 9.17) is 10.5 Å². The highest BCUT2D eigenvalue weighted by Crippen LogP contribution is 2.38. The number of hydrogen-bond donors (Lipinski definition) is 4. The third-order valence-corrected chi connectivity index (χ3v) is 6.51. The number of aryl methyl sites for hydroxylation is 1. The first-order valence-electron chi connectivity index (χ1n) is 11.8. The van der Waals surface area contributed by atoms with E-state index >= 15 is 0 Å². The zero-order valence-electron chi connectivity index (χ0n) is 20.2. The second-order valence-electron chi connectivity index (χ2n) is 8.94. The standard InChI is InChI=1S/C25H25N9O3/c1-27-19-6-4-13-3-5-14(9-17(13)31-19)30-25(36)22-18(35)10-20(37-22)34-11-15(16-7-8-33(2)32-16)21-23(26)28-12-29-24(21)34/h3-9,11-12,18,20,22,35H,10H2,1-2H3,(H,27,31)(H,30,36)(H2,26,28,29)/t18-,20+,22-/m0/s1. The third-order valence-electron chi connectivity index (χ3n) is 6.51. The summed E-state index contributed by atoms with van der Waals surface area (Å²) in [5, 5.41) is 22.7. The molecule has 1 amide bonds. The van der Waals surface area contributed by atoms with Crippen molar-refractivity contribution in [3.05, 3.63) is 55.1 Å². The summed E-state index contributed by atoms with van der Waals surface area (Å²) >= 11 is 0. The number of fused-ring (bicyclic) bond motifs is 2. The van der Waals surface area contributed by atoms with Crippen molar-refractivity contribution in [3.63, 3.8) is 0 Å². The van der Waals surface area contributed by atoms with Gasteiger partial charge < -0.3 is 30.8 Å². The smallest absolute Gasteiger partial charge is 0.256 e. The lowest BCUT2D eigenvalue weighted by Crippen LogP contribution is -2.35. The molecule has 0 bridgehead atoms. The number of pyridine rings is 1. The van der Waals surface area contributed by atoms with Crippen molar-refractivity contribution in [3.8, 4) is 11.3 Å². The number of carbonyl (C=O) groups excluding carboxylic acids is 1. The minimum absolute atomic E-state index is 0.193. The number of aliphatic hydroxyl groups is 1. The van der Waals surface area contributed by atoms with Crippen LogP contribution >= 0.6 is 0 Å². The summed E-state index contributed by atoms with van der Waals surface area (Å²) in [5.41, 5.74) is 9.46. The molecule has 37 heavy (non-hydrogen) atoms. The van der Waals surface area contributed by atoms with Crippen molar-refractivity contribution in [2.45, 2.75) is 24.9 Å². The van der Waals surface area contributed by atoms with Gasteiger partial charge in [-0.2, -0.15) is 5.10 Å². The van der Waals surface area contributed by atoms with Crippen LogP contribution in [0.2, 0.25) is 0 Å². The van der Waals surface area contributed by atoms with Gasteiger partial charge >= 0.3 is 0 Å². The fourth-order valence-corrected chi connectivity index (χ4v) is 4.69. The molecule has 12 nitrogen and oxygen atoms in total. The van der Waals surface area contributed by atoms with Crippen molar-refractivity contribution in [2.75, 3.05) is 23.4 Å². The van der Waals surface area contributed by atoms with Crippen molar-refractivity contribution < 1.29 is 14.6 Å². The Balaban J connectivity index is 1.27. The van der Waals surface area contributed by atoms with Gasteiger partial charge in [0, 0.05) is 49.5 Å². The molecule has 6 rings (SSSR count). The maximum atomic E-state index is 13.1. The highest BCUT2D eigenvalue weighted by molar-refractivity contribution is 6.00. The maximum absolute atomic E-state index is 13.1. The fourth-order valence-electron chi connectivity index (χ4n) is 4.69. The van der Waals surface area contributed by atoms with Gasteiger partial charge in [-0.05, 0) is 30.3 Å². The monoisotopic (exact) mass is 499 g/mol. The van der Waals surface area contributed by atoms with E-state index in [0.717, 1.165) is 22.3 Å². The summed E-state index contributed by atoms with van der Waals surface area (Å²) < 4.78 is 9.53. The molecule has 3 atom stereocenters. The number of carbonyl (C=O) groups is 1. The van der Waals surface area contributed by atoms with Gasteiger partial charge in [0.25, 0.3) is 5.91 Å². The highest BCUT2D eigenvalue weighted by atomic mass is 16.5. The van der Waals surface area contributed by atoms with Gasteiger partial charge in [0.1, 0.15) is 29.8 Å². The van der Waals surface area contributed by atoms with Crippen LogP contribution in [0.5, 0.6) is 0 Å². The average molecular weight is 500 g/mol. The van der Waals surface area contributed by atoms with Crippen LogP contribution in [-0.2, 0) is 16.6 Å². The summed E-state index contributed by atoms with van der Waals surface area (Å²) in [5.74, 6) is 0.583. The Morgan fingerprint density at radius 1 is 1.22 bits per heavy atom. The molecule has 5 aromatic rings. The van der Waals surface area contributed by atoms with Gasteiger partial charge in [-0.3, -0.25) is 9.48 Å². The minimum atomic E-state index is -1.08. The molecule has 1 aromatic carbocycles. The number of nitrogens with one attached hydrogen (secondary N) is 2. The molecule has 0 radical (unpaired) electrons. The number of rotatable bonds is 5. The molecule has 0 saturated carbocycles. The van der Waals surface area contributed by atoms with Gasteiger partial charge in [-0.25, -0.2) is 15.0 Å². The molecule has 5 heterocycles. The largest absolute Gasteiger partial charge is 0.390 e. The van der Waals surface area contributed by atoms with Crippen LogP contribution in [-0.4, -0.2) is 59.6 Å². The topological polar surface area (TPSA) is 158 Å². The Morgan fingerprint density at radius 3 is 2.84 bits per heavy atom. The molecule has 0 aliphatic carbocycles. The van der Waals surface area contributed by atoms with Crippen LogP contribution < -0.4 is 16.4 Å². The number of ether oxygens (including phenoxy) is 1. The molecular formula is C25H25N9O3. The van der Waals surface area contributed by atoms with Gasteiger partial charge in [0.2, 0.25) is 0 Å². The highest BCUT2D eigenvalue weighted by Gasteiger charge is 2.40. The molecule has 1 aliphatic heterocycles. The van der Waals surface area contributed by atoms with Gasteiger partial charge in [0.15, 0.2) is 6.10 Å². The summed E-state index contributed by atoms with van der Waals surface area (Å²) in [6.45, 7) is 0. The zero-order valence-corrected chi connectivity index (χ0v) is 20.2. The molecule has 1 aliphatic rings. The summed E-state index contributed by atoms with van der Waals surface area (Å²) in [6, 6.07) is 11.1. The van der Waals surface area contributed by atoms with Crippen molar-refractivity contribution in [2.24, 2.45) is 7.05 Å². The first-order chi connectivity index (χ1) is 17.9. The van der Waals surface area contributed by atoms with Crippen LogP contribution in [0.25, 0.3) is 33.2 Å². The lowest BCUT2D eigenvalue weighted by atomic mass is 10.1. The number of hydrogen-bond acceptors (Lipinski definition) is 9. The van der Waals surface area contributed by atoms with E-state index in [-0.39, 0.29) is 6.42 Å². The number of nitrogen functional groups attached to an aromatic ring is 1. The molecule has 4 aromatic heterocycles. The number of benzene rings is 1. The van der Waals surface area contributed by atoms with E-state index in [0.29, 0.717) is 28.2 Å². The van der Waals surface area contributed by atoms with E-state index in [9.17, 15) is 9.90 Å². The van der Waals surface area contributed by atoms with Crippen LogP contribution in [0, 0.1) is 0 Å². The molecule has 1 fully saturated rings. The van der Waals surface area contributed by atoms with E-state index < -0.39 is 24.3 Å². The third kappa shape index (κ3) is 4.01. The number of amides is 1. The van der Waals surface area contributed by atoms with Crippen LogP contribution in [0.4, 0.5) is 17.3 Å². The lowest BCUT2D eigenvalue weighted by Gasteiger charge is -2.16. The lowest BCUT2D eigenvalue weighted by molar-refractivity contribution is -0.132. The van der Waals surface area contributed by atoms with Gasteiger partial charge in [-0.1, -0.05) is 6.07 Å². The molecule has 0 unspecified atom stereocenters. The second kappa shape index (κ2) is 8.84. The number of nitrogens with two attached hydrogens (primary N) is 1. The van der Waals surface area contributed by atoms with E-state index in [1.54, 1.807) is 28.4 Å². The predicted molar refractivity (Wildman–Crippen MR) is 139 cm³/mol. The minimum Gasteiger partial charge on any atom is -0.390 e. The summed E-state index contributed by atoms with van der Waals surface area (Å²) in [6.07, 6.45) is 2.48. The van der Waals surface area contributed by atoms with Crippen LogP contribution in [0.1, 0.15) is 12.6 Å². The number of anilines is 3.